The van der Waals surface area contributed by atoms with E-state index in [4.69, 9.17) is 4.74 Å². The number of rotatable bonds is 8. The van der Waals surface area contributed by atoms with Crippen molar-refractivity contribution in [2.45, 2.75) is 26.4 Å². The average molecular weight is 343 g/mol. The first kappa shape index (κ1) is 18.5. The second-order valence-corrected chi connectivity index (χ2v) is 5.43. The first-order valence-electron chi connectivity index (χ1n) is 8.39. The largest absolute Gasteiger partial charge is 0.465 e. The first-order chi connectivity index (χ1) is 12.2. The van der Waals surface area contributed by atoms with Gasteiger partial charge in [0.15, 0.2) is 5.96 Å². The molecule has 0 aliphatic heterocycles. The molecule has 0 unspecified atom stereocenters. The van der Waals surface area contributed by atoms with E-state index in [1.165, 1.54) is 7.11 Å². The number of ether oxygens (including phenoxy) is 1. The number of aliphatic imine (C=N–C) groups is 1. The van der Waals surface area contributed by atoms with Gasteiger partial charge in [-0.15, -0.1) is 0 Å². The number of aromatic nitrogens is 2. The molecule has 0 saturated heterocycles. The summed E-state index contributed by atoms with van der Waals surface area (Å²) in [6.45, 7) is 5.05. The molecule has 0 aliphatic rings. The molecule has 1 aromatic heterocycles. The van der Waals surface area contributed by atoms with Gasteiger partial charge in [-0.05, 0) is 37.1 Å². The zero-order chi connectivity index (χ0) is 17.9. The topological polar surface area (TPSA) is 80.5 Å². The van der Waals surface area contributed by atoms with Gasteiger partial charge in [0.05, 0.1) is 19.2 Å². The van der Waals surface area contributed by atoms with E-state index in [0.717, 1.165) is 37.6 Å². The number of guanidine groups is 1. The second-order valence-electron chi connectivity index (χ2n) is 5.43. The Labute approximate surface area is 148 Å². The van der Waals surface area contributed by atoms with Crippen molar-refractivity contribution in [1.29, 1.82) is 0 Å². The van der Waals surface area contributed by atoms with Crippen molar-refractivity contribution in [2.24, 2.45) is 4.99 Å². The molecule has 0 aliphatic carbocycles. The van der Waals surface area contributed by atoms with E-state index in [2.05, 4.69) is 20.7 Å². The Hall–Kier alpha value is -2.83. The van der Waals surface area contributed by atoms with Gasteiger partial charge in [0.25, 0.3) is 0 Å². The molecule has 2 aromatic rings. The summed E-state index contributed by atoms with van der Waals surface area (Å²) in [6.07, 6.45) is 4.70. The molecule has 2 rings (SSSR count). The van der Waals surface area contributed by atoms with E-state index in [-0.39, 0.29) is 5.97 Å². The van der Waals surface area contributed by atoms with E-state index >= 15 is 0 Å². The summed E-state index contributed by atoms with van der Waals surface area (Å²) < 4.78 is 6.61. The maximum Gasteiger partial charge on any atom is 0.337 e. The fourth-order valence-electron chi connectivity index (χ4n) is 2.26. The second kappa shape index (κ2) is 10.1. The average Bonchev–Trinajstić information content (AvgIpc) is 3.16. The van der Waals surface area contributed by atoms with E-state index in [1.54, 1.807) is 18.3 Å². The molecule has 0 bridgehead atoms. The number of esters is 1. The highest BCUT2D eigenvalue weighted by molar-refractivity contribution is 5.89. The Bertz CT molecular complexity index is 665. The molecule has 2 N–H and O–H groups in total. The number of aryl methyl sites for hydroxylation is 1. The van der Waals surface area contributed by atoms with Crippen LogP contribution in [-0.4, -0.2) is 41.9 Å². The highest BCUT2D eigenvalue weighted by atomic mass is 16.5. The molecule has 1 aromatic carbocycles. The Balaban J connectivity index is 1.82. The predicted molar refractivity (Wildman–Crippen MR) is 97.4 cm³/mol. The third-order valence-electron chi connectivity index (χ3n) is 3.55. The molecular weight excluding hydrogens is 318 g/mol. The number of carbonyl (C=O) groups excluding carboxylic acids is 1. The van der Waals surface area contributed by atoms with Crippen LogP contribution in [0.1, 0.15) is 29.3 Å². The summed E-state index contributed by atoms with van der Waals surface area (Å²) >= 11 is 0. The maximum atomic E-state index is 11.4. The van der Waals surface area contributed by atoms with Crippen LogP contribution in [0, 0.1) is 0 Å². The SMILES string of the molecule is CCNC(=NCc1ccc(C(=O)OC)cc1)NCCCn1cccn1. The maximum absolute atomic E-state index is 11.4. The molecule has 0 atom stereocenters. The van der Waals surface area contributed by atoms with Gasteiger partial charge in [0.1, 0.15) is 0 Å². The summed E-state index contributed by atoms with van der Waals surface area (Å²) in [5.74, 6) is 0.447. The summed E-state index contributed by atoms with van der Waals surface area (Å²) in [5, 5.41) is 10.7. The summed E-state index contributed by atoms with van der Waals surface area (Å²) in [6, 6.07) is 9.20. The minimum absolute atomic E-state index is 0.331. The molecule has 0 fully saturated rings. The number of methoxy groups -OCH3 is 1. The van der Waals surface area contributed by atoms with Crippen molar-refractivity contribution in [3.63, 3.8) is 0 Å². The normalized spacial score (nSPS) is 11.2. The van der Waals surface area contributed by atoms with Gasteiger partial charge in [0.2, 0.25) is 0 Å². The lowest BCUT2D eigenvalue weighted by atomic mass is 10.1. The van der Waals surface area contributed by atoms with Crippen LogP contribution in [0.2, 0.25) is 0 Å². The zero-order valence-corrected chi connectivity index (χ0v) is 14.7. The summed E-state index contributed by atoms with van der Waals surface area (Å²) in [4.78, 5) is 16.0. The number of nitrogens with zero attached hydrogens (tertiary/aromatic N) is 3. The number of benzene rings is 1. The smallest absolute Gasteiger partial charge is 0.337 e. The molecule has 0 radical (unpaired) electrons. The minimum atomic E-state index is -0.331. The minimum Gasteiger partial charge on any atom is -0.465 e. The first-order valence-corrected chi connectivity index (χ1v) is 8.39. The molecule has 1 heterocycles. The van der Waals surface area contributed by atoms with Gasteiger partial charge in [-0.25, -0.2) is 9.79 Å². The van der Waals surface area contributed by atoms with E-state index < -0.39 is 0 Å². The number of nitrogens with one attached hydrogen (secondary N) is 2. The predicted octanol–water partition coefficient (Wildman–Crippen LogP) is 1.82. The van der Waals surface area contributed by atoms with E-state index in [1.807, 2.05) is 36.0 Å². The van der Waals surface area contributed by atoms with Crippen molar-refractivity contribution in [2.75, 3.05) is 20.2 Å². The Kier molecular flexibility index (Phi) is 7.49. The lowest BCUT2D eigenvalue weighted by Crippen LogP contribution is -2.38. The summed E-state index contributed by atoms with van der Waals surface area (Å²) in [5.41, 5.74) is 1.57. The molecule has 134 valence electrons. The fraction of sp³-hybridized carbons (Fsp3) is 0.389. The van der Waals surface area contributed by atoms with Gasteiger partial charge in [0, 0.05) is 32.0 Å². The Morgan fingerprint density at radius 2 is 2.08 bits per heavy atom. The third kappa shape index (κ3) is 6.29. The van der Waals surface area contributed by atoms with Crippen molar-refractivity contribution in [3.05, 3.63) is 53.9 Å². The molecule has 0 saturated carbocycles. The van der Waals surface area contributed by atoms with Crippen LogP contribution < -0.4 is 10.6 Å². The summed E-state index contributed by atoms with van der Waals surface area (Å²) in [7, 11) is 1.38. The molecule has 7 heteroatoms. The van der Waals surface area contributed by atoms with Crippen LogP contribution in [0.3, 0.4) is 0 Å². The lowest BCUT2D eigenvalue weighted by molar-refractivity contribution is 0.0600. The Morgan fingerprint density at radius 1 is 1.28 bits per heavy atom. The standard InChI is InChI=1S/C18H25N5O2/c1-3-19-18(20-10-4-12-23-13-5-11-22-23)21-14-15-6-8-16(9-7-15)17(24)25-2/h5-9,11,13H,3-4,10,12,14H2,1-2H3,(H2,19,20,21). The highest BCUT2D eigenvalue weighted by Gasteiger charge is 2.04. The van der Waals surface area contributed by atoms with Gasteiger partial charge < -0.3 is 15.4 Å². The van der Waals surface area contributed by atoms with Crippen LogP contribution in [0.5, 0.6) is 0 Å². The zero-order valence-electron chi connectivity index (χ0n) is 14.7. The van der Waals surface area contributed by atoms with Crippen molar-refractivity contribution >= 4 is 11.9 Å². The molecule has 7 nitrogen and oxygen atoms in total. The number of hydrogen-bond donors (Lipinski definition) is 2. The van der Waals surface area contributed by atoms with Crippen LogP contribution in [-0.2, 0) is 17.8 Å². The number of carbonyl (C=O) groups is 1. The Morgan fingerprint density at radius 3 is 2.72 bits per heavy atom. The number of hydrogen-bond acceptors (Lipinski definition) is 4. The van der Waals surface area contributed by atoms with Crippen molar-refractivity contribution < 1.29 is 9.53 Å². The van der Waals surface area contributed by atoms with Crippen LogP contribution in [0.15, 0.2) is 47.7 Å². The lowest BCUT2D eigenvalue weighted by Gasteiger charge is -2.11. The van der Waals surface area contributed by atoms with E-state index in [0.29, 0.717) is 12.1 Å². The monoisotopic (exact) mass is 343 g/mol. The van der Waals surface area contributed by atoms with Crippen LogP contribution >= 0.6 is 0 Å². The van der Waals surface area contributed by atoms with Crippen molar-refractivity contribution in [1.82, 2.24) is 20.4 Å². The quantitative estimate of drug-likeness (QED) is 0.331. The fourth-order valence-corrected chi connectivity index (χ4v) is 2.26. The molecule has 0 spiro atoms. The van der Waals surface area contributed by atoms with E-state index in [9.17, 15) is 4.79 Å². The molecular formula is C18H25N5O2. The van der Waals surface area contributed by atoms with Crippen LogP contribution in [0.4, 0.5) is 0 Å². The molecule has 0 amide bonds. The molecule has 25 heavy (non-hydrogen) atoms. The van der Waals surface area contributed by atoms with Crippen LogP contribution in [0.25, 0.3) is 0 Å². The van der Waals surface area contributed by atoms with Gasteiger partial charge in [-0.1, -0.05) is 12.1 Å². The van der Waals surface area contributed by atoms with Gasteiger partial charge in [-0.2, -0.15) is 5.10 Å². The van der Waals surface area contributed by atoms with Crippen molar-refractivity contribution in [3.8, 4) is 0 Å². The highest BCUT2D eigenvalue weighted by Crippen LogP contribution is 2.06. The van der Waals surface area contributed by atoms with Gasteiger partial charge >= 0.3 is 5.97 Å². The van der Waals surface area contributed by atoms with Gasteiger partial charge in [-0.3, -0.25) is 4.68 Å². The third-order valence-corrected chi connectivity index (χ3v) is 3.55.